The number of piperidine rings is 1. The zero-order valence-corrected chi connectivity index (χ0v) is 15.9. The topological polar surface area (TPSA) is 19.4 Å². The number of nitrogens with zero attached hydrogens (tertiary/aromatic N) is 3. The number of rotatable bonds is 3. The minimum atomic E-state index is 0.586. The molecular weight excluding hydrogens is 318 g/mol. The molecule has 2 aromatic carbocycles. The first-order valence-electron chi connectivity index (χ1n) is 9.50. The van der Waals surface area contributed by atoms with E-state index in [1.54, 1.807) is 0 Å². The van der Waals surface area contributed by atoms with Gasteiger partial charge in [0.1, 0.15) is 0 Å². The van der Waals surface area contributed by atoms with Gasteiger partial charge in [-0.1, -0.05) is 48.0 Å². The standard InChI is InChI=1S/C23H27N3/c1-17-8-10-18(11-9-17)22-16-23(20-6-4-5-7-21(20)24-22)26(3)19-12-14-25(2)15-13-19/h4-11,16,19H,12-15H2,1-3H3. The summed E-state index contributed by atoms with van der Waals surface area (Å²) < 4.78 is 0. The Morgan fingerprint density at radius 1 is 1.00 bits per heavy atom. The molecule has 0 spiro atoms. The Hall–Kier alpha value is -2.39. The number of hydrogen-bond acceptors (Lipinski definition) is 3. The minimum Gasteiger partial charge on any atom is -0.371 e. The smallest absolute Gasteiger partial charge is 0.0730 e. The highest BCUT2D eigenvalue weighted by molar-refractivity contribution is 5.94. The van der Waals surface area contributed by atoms with Gasteiger partial charge in [-0.15, -0.1) is 0 Å². The first-order chi connectivity index (χ1) is 12.6. The van der Waals surface area contributed by atoms with Crippen molar-refractivity contribution in [2.24, 2.45) is 0 Å². The number of likely N-dealkylation sites (tertiary alicyclic amines) is 1. The van der Waals surface area contributed by atoms with E-state index in [9.17, 15) is 0 Å². The number of para-hydroxylation sites is 1. The second-order valence-electron chi connectivity index (χ2n) is 7.56. The van der Waals surface area contributed by atoms with Crippen molar-refractivity contribution in [3.63, 3.8) is 0 Å². The Morgan fingerprint density at radius 3 is 2.42 bits per heavy atom. The van der Waals surface area contributed by atoms with Crippen molar-refractivity contribution in [2.75, 3.05) is 32.1 Å². The van der Waals surface area contributed by atoms with Gasteiger partial charge in [-0.3, -0.25) is 0 Å². The van der Waals surface area contributed by atoms with Gasteiger partial charge in [-0.05, 0) is 52.0 Å². The summed E-state index contributed by atoms with van der Waals surface area (Å²) >= 11 is 0. The largest absolute Gasteiger partial charge is 0.371 e. The lowest BCUT2D eigenvalue weighted by Gasteiger charge is -2.37. The molecule has 134 valence electrons. The van der Waals surface area contributed by atoms with Crippen molar-refractivity contribution >= 4 is 16.6 Å². The molecule has 3 aromatic rings. The van der Waals surface area contributed by atoms with Gasteiger partial charge in [0.15, 0.2) is 0 Å². The number of anilines is 1. The second-order valence-corrected chi connectivity index (χ2v) is 7.56. The molecule has 1 aromatic heterocycles. The summed E-state index contributed by atoms with van der Waals surface area (Å²) in [5, 5.41) is 1.24. The highest BCUT2D eigenvalue weighted by Gasteiger charge is 2.22. The molecule has 4 rings (SSSR count). The summed E-state index contributed by atoms with van der Waals surface area (Å²) in [6.45, 7) is 4.46. The van der Waals surface area contributed by atoms with Crippen LogP contribution in [0.1, 0.15) is 18.4 Å². The van der Waals surface area contributed by atoms with Crippen LogP contribution in [-0.4, -0.2) is 43.1 Å². The van der Waals surface area contributed by atoms with E-state index in [2.05, 4.69) is 85.4 Å². The van der Waals surface area contributed by atoms with Gasteiger partial charge >= 0.3 is 0 Å². The molecule has 3 heteroatoms. The number of benzene rings is 2. The average molecular weight is 345 g/mol. The minimum absolute atomic E-state index is 0.586. The Kier molecular flexibility index (Phi) is 4.64. The van der Waals surface area contributed by atoms with Gasteiger partial charge in [-0.25, -0.2) is 4.98 Å². The lowest BCUT2D eigenvalue weighted by molar-refractivity contribution is 0.253. The second kappa shape index (κ2) is 7.08. The fourth-order valence-electron chi connectivity index (χ4n) is 3.90. The van der Waals surface area contributed by atoms with Crippen LogP contribution in [0.25, 0.3) is 22.2 Å². The normalized spacial score (nSPS) is 16.1. The number of hydrogen-bond donors (Lipinski definition) is 0. The van der Waals surface area contributed by atoms with E-state index in [1.165, 1.54) is 48.1 Å². The molecule has 0 atom stereocenters. The summed E-state index contributed by atoms with van der Waals surface area (Å²) in [7, 11) is 4.46. The van der Waals surface area contributed by atoms with Crippen LogP contribution < -0.4 is 4.90 Å². The lowest BCUT2D eigenvalue weighted by atomic mass is 10.0. The summed E-state index contributed by atoms with van der Waals surface area (Å²) in [6.07, 6.45) is 2.42. The maximum Gasteiger partial charge on any atom is 0.0730 e. The maximum atomic E-state index is 4.94. The first-order valence-corrected chi connectivity index (χ1v) is 9.50. The Balaban J connectivity index is 1.78. The Labute approximate surface area is 156 Å². The predicted molar refractivity (Wildman–Crippen MR) is 111 cm³/mol. The molecule has 1 fully saturated rings. The third kappa shape index (κ3) is 3.32. The summed E-state index contributed by atoms with van der Waals surface area (Å²) in [5.41, 5.74) is 5.87. The van der Waals surface area contributed by atoms with E-state index in [-0.39, 0.29) is 0 Å². The monoisotopic (exact) mass is 345 g/mol. The van der Waals surface area contributed by atoms with Gasteiger partial charge in [0, 0.05) is 29.7 Å². The molecule has 0 saturated carbocycles. The van der Waals surface area contributed by atoms with Crippen molar-refractivity contribution in [1.29, 1.82) is 0 Å². The molecule has 26 heavy (non-hydrogen) atoms. The number of fused-ring (bicyclic) bond motifs is 1. The third-order valence-electron chi connectivity index (χ3n) is 5.66. The fourth-order valence-corrected chi connectivity index (χ4v) is 3.90. The van der Waals surface area contributed by atoms with Crippen molar-refractivity contribution in [1.82, 2.24) is 9.88 Å². The molecular formula is C23H27N3. The van der Waals surface area contributed by atoms with Crippen molar-refractivity contribution in [3.05, 3.63) is 60.2 Å². The van der Waals surface area contributed by atoms with E-state index in [1.807, 2.05) is 0 Å². The zero-order valence-electron chi connectivity index (χ0n) is 15.9. The SMILES string of the molecule is Cc1ccc(-c2cc(N(C)C3CCN(C)CC3)c3ccccc3n2)cc1. The molecule has 1 aliphatic rings. The van der Waals surface area contributed by atoms with E-state index < -0.39 is 0 Å². The summed E-state index contributed by atoms with van der Waals surface area (Å²) in [5.74, 6) is 0. The average Bonchev–Trinajstić information content (AvgIpc) is 2.68. The van der Waals surface area contributed by atoms with Gasteiger partial charge in [0.2, 0.25) is 0 Å². The van der Waals surface area contributed by atoms with E-state index in [4.69, 9.17) is 4.98 Å². The quantitative estimate of drug-likeness (QED) is 0.683. The Bertz CT molecular complexity index is 893. The van der Waals surface area contributed by atoms with Gasteiger partial charge < -0.3 is 9.80 Å². The van der Waals surface area contributed by atoms with Crippen LogP contribution in [0.3, 0.4) is 0 Å². The molecule has 1 aliphatic heterocycles. The van der Waals surface area contributed by atoms with E-state index >= 15 is 0 Å². The number of aryl methyl sites for hydroxylation is 1. The molecule has 0 unspecified atom stereocenters. The lowest BCUT2D eigenvalue weighted by Crippen LogP contribution is -2.42. The third-order valence-corrected chi connectivity index (χ3v) is 5.66. The number of aromatic nitrogens is 1. The molecule has 0 radical (unpaired) electrons. The van der Waals surface area contributed by atoms with Crippen LogP contribution in [0, 0.1) is 6.92 Å². The predicted octanol–water partition coefficient (Wildman–Crippen LogP) is 4.74. The molecule has 0 N–H and O–H groups in total. The van der Waals surface area contributed by atoms with E-state index in [0.717, 1.165) is 11.2 Å². The molecule has 0 amide bonds. The maximum absolute atomic E-state index is 4.94. The molecule has 0 aliphatic carbocycles. The van der Waals surface area contributed by atoms with Crippen LogP contribution in [0.2, 0.25) is 0 Å². The first kappa shape index (κ1) is 17.0. The van der Waals surface area contributed by atoms with Gasteiger partial charge in [0.05, 0.1) is 11.2 Å². The van der Waals surface area contributed by atoms with Crippen LogP contribution in [-0.2, 0) is 0 Å². The van der Waals surface area contributed by atoms with Crippen LogP contribution in [0.4, 0.5) is 5.69 Å². The van der Waals surface area contributed by atoms with Crippen LogP contribution in [0.5, 0.6) is 0 Å². The molecule has 3 nitrogen and oxygen atoms in total. The van der Waals surface area contributed by atoms with Gasteiger partial charge in [-0.2, -0.15) is 0 Å². The highest BCUT2D eigenvalue weighted by Crippen LogP contribution is 2.33. The van der Waals surface area contributed by atoms with Crippen molar-refractivity contribution < 1.29 is 0 Å². The molecule has 1 saturated heterocycles. The van der Waals surface area contributed by atoms with Crippen LogP contribution >= 0.6 is 0 Å². The fraction of sp³-hybridized carbons (Fsp3) is 0.348. The van der Waals surface area contributed by atoms with E-state index in [0.29, 0.717) is 6.04 Å². The highest BCUT2D eigenvalue weighted by atomic mass is 15.2. The van der Waals surface area contributed by atoms with Gasteiger partial charge in [0.25, 0.3) is 0 Å². The zero-order chi connectivity index (χ0) is 18.1. The van der Waals surface area contributed by atoms with Crippen molar-refractivity contribution in [3.8, 4) is 11.3 Å². The van der Waals surface area contributed by atoms with Crippen LogP contribution in [0.15, 0.2) is 54.6 Å². The van der Waals surface area contributed by atoms with Crippen molar-refractivity contribution in [2.45, 2.75) is 25.8 Å². The Morgan fingerprint density at radius 2 is 1.69 bits per heavy atom. The summed E-state index contributed by atoms with van der Waals surface area (Å²) in [4.78, 5) is 9.84. The summed E-state index contributed by atoms with van der Waals surface area (Å²) in [6, 6.07) is 20.0. The number of pyridine rings is 1. The molecule has 0 bridgehead atoms. The molecule has 2 heterocycles.